The van der Waals surface area contributed by atoms with Crippen molar-refractivity contribution in [2.75, 3.05) is 26.0 Å². The Hall–Kier alpha value is -3.40. The average Bonchev–Trinajstić information content (AvgIpc) is 2.73. The van der Waals surface area contributed by atoms with Crippen LogP contribution in [0.15, 0.2) is 39.9 Å². The quantitative estimate of drug-likeness (QED) is 0.442. The second-order valence-electron chi connectivity index (χ2n) is 6.67. The first-order chi connectivity index (χ1) is 13.6. The van der Waals surface area contributed by atoms with Gasteiger partial charge in [0.05, 0.1) is 13.7 Å². The minimum absolute atomic E-state index is 0.127. The van der Waals surface area contributed by atoms with Crippen LogP contribution in [0.3, 0.4) is 0 Å². The third kappa shape index (κ3) is 4.54. The van der Waals surface area contributed by atoms with Crippen molar-refractivity contribution in [1.82, 2.24) is 14.5 Å². The Labute approximate surface area is 166 Å². The largest absolute Gasteiger partial charge is 0.491 e. The summed E-state index contributed by atoms with van der Waals surface area (Å²) in [6.07, 6.45) is 0. The van der Waals surface area contributed by atoms with E-state index in [9.17, 15) is 19.2 Å². The van der Waals surface area contributed by atoms with Gasteiger partial charge in [0.2, 0.25) is 0 Å². The molecule has 0 saturated carbocycles. The van der Waals surface area contributed by atoms with Gasteiger partial charge < -0.3 is 15.2 Å². The van der Waals surface area contributed by atoms with Gasteiger partial charge in [0.25, 0.3) is 5.56 Å². The first-order valence-corrected chi connectivity index (χ1v) is 8.72. The van der Waals surface area contributed by atoms with E-state index >= 15 is 0 Å². The van der Waals surface area contributed by atoms with E-state index in [0.29, 0.717) is 5.75 Å². The van der Waals surface area contributed by atoms with E-state index in [1.807, 2.05) is 6.07 Å². The van der Waals surface area contributed by atoms with Crippen LogP contribution in [-0.4, -0.2) is 46.7 Å². The van der Waals surface area contributed by atoms with Crippen LogP contribution >= 0.6 is 0 Å². The number of carbonyl (C=O) groups is 2. The molecule has 2 aromatic rings. The number of Topliss-reactive ketones (excluding diaryl/α,β-unsaturated/α-hetero) is 1. The zero-order valence-corrected chi connectivity index (χ0v) is 16.7. The predicted molar refractivity (Wildman–Crippen MR) is 106 cm³/mol. The minimum atomic E-state index is -1.37. The van der Waals surface area contributed by atoms with Gasteiger partial charge in [0, 0.05) is 14.1 Å². The monoisotopic (exact) mass is 404 g/mol. The van der Waals surface area contributed by atoms with Crippen molar-refractivity contribution in [2.45, 2.75) is 12.5 Å². The van der Waals surface area contributed by atoms with E-state index in [-0.39, 0.29) is 18.0 Å². The lowest BCUT2D eigenvalue weighted by atomic mass is 10.0. The second kappa shape index (κ2) is 8.74. The number of nitrogens with two attached hydrogens (primary N) is 1. The van der Waals surface area contributed by atoms with Crippen molar-refractivity contribution >= 4 is 17.6 Å². The summed E-state index contributed by atoms with van der Waals surface area (Å²) in [5.74, 6) is -1.03. The highest BCUT2D eigenvalue weighted by atomic mass is 16.5. The first kappa shape index (κ1) is 21.9. The number of aromatic nitrogens is 2. The number of ketones is 1. The number of ether oxygens (including phenoxy) is 2. The Balaban J connectivity index is 2.23. The molecule has 0 bridgehead atoms. The van der Waals surface area contributed by atoms with E-state index < -0.39 is 35.1 Å². The van der Waals surface area contributed by atoms with E-state index in [1.165, 1.54) is 28.1 Å². The van der Waals surface area contributed by atoms with Gasteiger partial charge in [-0.05, 0) is 19.1 Å². The molecule has 2 rings (SSSR count). The molecule has 3 N–H and O–H groups in total. The summed E-state index contributed by atoms with van der Waals surface area (Å²) in [6.45, 7) is 0.983. The molecule has 10 heteroatoms. The van der Waals surface area contributed by atoms with E-state index in [0.717, 1.165) is 9.13 Å². The Morgan fingerprint density at radius 2 is 1.76 bits per heavy atom. The number of para-hydroxylation sites is 1. The number of nitrogens with zero attached hydrogens (tertiary/aromatic N) is 2. The number of esters is 1. The maximum Gasteiger partial charge on any atom is 0.332 e. The molecule has 0 spiro atoms. The van der Waals surface area contributed by atoms with Gasteiger partial charge in [0.1, 0.15) is 29.3 Å². The second-order valence-corrected chi connectivity index (χ2v) is 6.67. The lowest BCUT2D eigenvalue weighted by Crippen LogP contribution is -2.56. The van der Waals surface area contributed by atoms with E-state index in [4.69, 9.17) is 15.2 Å². The van der Waals surface area contributed by atoms with Crippen LogP contribution in [0.4, 0.5) is 5.82 Å². The van der Waals surface area contributed by atoms with Gasteiger partial charge in [-0.3, -0.25) is 24.0 Å². The summed E-state index contributed by atoms with van der Waals surface area (Å²) in [7, 11) is 3.82. The molecule has 156 valence electrons. The standard InChI is InChI=1S/C19H24N4O6/c1-19(17(26)28-4,11-29-12-8-6-5-7-9-12)21-10-13(24)14-15(20)22(2)18(27)23(3)16(14)25/h5-9,21H,10-11,20H2,1-4H3. The van der Waals surface area contributed by atoms with Crippen molar-refractivity contribution in [1.29, 1.82) is 0 Å². The molecule has 1 aromatic carbocycles. The van der Waals surface area contributed by atoms with Gasteiger partial charge in [-0.1, -0.05) is 18.2 Å². The summed E-state index contributed by atoms with van der Waals surface area (Å²) in [5, 5.41) is 2.78. The fourth-order valence-corrected chi connectivity index (χ4v) is 2.64. The van der Waals surface area contributed by atoms with E-state index in [2.05, 4.69) is 5.32 Å². The van der Waals surface area contributed by atoms with Gasteiger partial charge >= 0.3 is 11.7 Å². The van der Waals surface area contributed by atoms with Crippen LogP contribution in [0.1, 0.15) is 17.3 Å². The third-order valence-corrected chi connectivity index (χ3v) is 4.53. The van der Waals surface area contributed by atoms with Crippen molar-refractivity contribution in [2.24, 2.45) is 14.1 Å². The average molecular weight is 404 g/mol. The highest BCUT2D eigenvalue weighted by Gasteiger charge is 2.36. The SMILES string of the molecule is COC(=O)C(C)(COc1ccccc1)NCC(=O)c1c(N)n(C)c(=O)n(C)c1=O. The summed E-state index contributed by atoms with van der Waals surface area (Å²) in [6, 6.07) is 8.82. The highest BCUT2D eigenvalue weighted by molar-refractivity contribution is 6.01. The molecule has 0 fully saturated rings. The molecule has 0 amide bonds. The first-order valence-electron chi connectivity index (χ1n) is 8.72. The topological polar surface area (TPSA) is 135 Å². The zero-order chi connectivity index (χ0) is 21.8. The highest BCUT2D eigenvalue weighted by Crippen LogP contribution is 2.14. The Kier molecular flexibility index (Phi) is 6.60. The Morgan fingerprint density at radius 1 is 1.14 bits per heavy atom. The van der Waals surface area contributed by atoms with Crippen LogP contribution < -0.4 is 27.0 Å². The molecule has 1 heterocycles. The number of carbonyl (C=O) groups excluding carboxylic acids is 2. The van der Waals surface area contributed by atoms with E-state index in [1.54, 1.807) is 24.3 Å². The molecule has 0 aliphatic rings. The number of hydrogen-bond acceptors (Lipinski definition) is 8. The van der Waals surface area contributed by atoms with Crippen LogP contribution in [0.5, 0.6) is 5.75 Å². The van der Waals surface area contributed by atoms with Crippen LogP contribution in [0, 0.1) is 0 Å². The van der Waals surface area contributed by atoms with Crippen molar-refractivity contribution in [3.8, 4) is 5.75 Å². The molecule has 1 atom stereocenters. The van der Waals surface area contributed by atoms with Gasteiger partial charge in [-0.15, -0.1) is 0 Å². The number of anilines is 1. The van der Waals surface area contributed by atoms with Gasteiger partial charge in [-0.25, -0.2) is 9.59 Å². The number of hydrogen-bond donors (Lipinski definition) is 2. The molecule has 0 aliphatic heterocycles. The molecule has 1 aromatic heterocycles. The zero-order valence-electron chi connectivity index (χ0n) is 16.7. The number of rotatable bonds is 8. The number of nitrogens with one attached hydrogen (secondary N) is 1. The lowest BCUT2D eigenvalue weighted by molar-refractivity contribution is -0.149. The molecule has 0 aliphatic carbocycles. The summed E-state index contributed by atoms with van der Waals surface area (Å²) in [4.78, 5) is 49.2. The predicted octanol–water partition coefficient (Wildman–Crippen LogP) is -0.551. The molecule has 0 saturated heterocycles. The molecular weight excluding hydrogens is 380 g/mol. The fourth-order valence-electron chi connectivity index (χ4n) is 2.64. The molecular formula is C19H24N4O6. The smallest absolute Gasteiger partial charge is 0.332 e. The molecule has 29 heavy (non-hydrogen) atoms. The Bertz CT molecular complexity index is 1030. The molecule has 1 unspecified atom stereocenters. The Morgan fingerprint density at radius 3 is 2.34 bits per heavy atom. The van der Waals surface area contributed by atoms with Crippen molar-refractivity contribution in [3.63, 3.8) is 0 Å². The number of methoxy groups -OCH3 is 1. The van der Waals surface area contributed by atoms with Crippen LogP contribution in [-0.2, 0) is 23.6 Å². The maximum atomic E-state index is 12.7. The van der Waals surface area contributed by atoms with Crippen LogP contribution in [0.25, 0.3) is 0 Å². The lowest BCUT2D eigenvalue weighted by Gasteiger charge is -2.27. The summed E-state index contributed by atoms with van der Waals surface area (Å²) in [5.41, 5.74) is 2.64. The van der Waals surface area contributed by atoms with Gasteiger partial charge in [-0.2, -0.15) is 0 Å². The normalized spacial score (nSPS) is 12.8. The molecule has 10 nitrogen and oxygen atoms in total. The number of benzene rings is 1. The maximum absolute atomic E-state index is 12.7. The van der Waals surface area contributed by atoms with Crippen LogP contribution in [0.2, 0.25) is 0 Å². The number of nitrogen functional groups attached to an aromatic ring is 1. The fraction of sp³-hybridized carbons (Fsp3) is 0.368. The summed E-state index contributed by atoms with van der Waals surface area (Å²) >= 11 is 0. The summed E-state index contributed by atoms with van der Waals surface area (Å²) < 4.78 is 12.2. The van der Waals surface area contributed by atoms with Crippen molar-refractivity contribution in [3.05, 3.63) is 56.7 Å². The van der Waals surface area contributed by atoms with Crippen molar-refractivity contribution < 1.29 is 19.1 Å². The molecule has 0 radical (unpaired) electrons. The minimum Gasteiger partial charge on any atom is -0.491 e. The third-order valence-electron chi connectivity index (χ3n) is 4.53. The van der Waals surface area contributed by atoms with Gasteiger partial charge in [0.15, 0.2) is 5.78 Å².